The molecule has 26 heavy (non-hydrogen) atoms. The number of fused-ring (bicyclic) bond motifs is 1. The van der Waals surface area contributed by atoms with Gasteiger partial charge in [-0.05, 0) is 55.5 Å². The molecule has 0 bridgehead atoms. The molecule has 2 heteroatoms. The lowest BCUT2D eigenvalue weighted by Crippen LogP contribution is -2.15. The van der Waals surface area contributed by atoms with Gasteiger partial charge < -0.3 is 9.80 Å². The van der Waals surface area contributed by atoms with E-state index in [1.54, 1.807) is 0 Å². The summed E-state index contributed by atoms with van der Waals surface area (Å²) in [6.07, 6.45) is 6.47. The summed E-state index contributed by atoms with van der Waals surface area (Å²) >= 11 is 0. The highest BCUT2D eigenvalue weighted by Gasteiger charge is 2.17. The zero-order chi connectivity index (χ0) is 17.9. The van der Waals surface area contributed by atoms with Crippen LogP contribution in [0.3, 0.4) is 0 Å². The Bertz CT molecular complexity index is 956. The first-order valence-electron chi connectivity index (χ1n) is 8.87. The molecule has 4 rings (SSSR count). The van der Waals surface area contributed by atoms with E-state index in [1.165, 1.54) is 34.0 Å². The van der Waals surface area contributed by atoms with E-state index in [-0.39, 0.29) is 0 Å². The second kappa shape index (κ2) is 6.93. The Morgan fingerprint density at radius 3 is 2.19 bits per heavy atom. The van der Waals surface area contributed by atoms with Gasteiger partial charge in [0, 0.05) is 35.4 Å². The summed E-state index contributed by atoms with van der Waals surface area (Å²) in [5.41, 5.74) is 7.14. The Morgan fingerprint density at radius 1 is 0.769 bits per heavy atom. The fourth-order valence-electron chi connectivity index (χ4n) is 3.36. The molecule has 0 saturated heterocycles. The molecule has 0 spiro atoms. The van der Waals surface area contributed by atoms with Crippen LogP contribution in [-0.4, -0.2) is 7.05 Å². The molecule has 0 saturated carbocycles. The minimum atomic E-state index is 1.17. The maximum Gasteiger partial charge on any atom is 0.0532 e. The second-order valence-electron chi connectivity index (χ2n) is 6.48. The number of rotatable bonds is 3. The van der Waals surface area contributed by atoms with Crippen LogP contribution in [0.15, 0.2) is 96.7 Å². The Morgan fingerprint density at radius 2 is 1.46 bits per heavy atom. The summed E-state index contributed by atoms with van der Waals surface area (Å²) in [7, 11) is 2.11. The van der Waals surface area contributed by atoms with Crippen LogP contribution in [0, 0.1) is 0 Å². The molecule has 0 aromatic heterocycles. The smallest absolute Gasteiger partial charge is 0.0532 e. The van der Waals surface area contributed by atoms with Crippen molar-refractivity contribution in [3.8, 4) is 0 Å². The van der Waals surface area contributed by atoms with Crippen LogP contribution >= 0.6 is 0 Å². The van der Waals surface area contributed by atoms with E-state index in [4.69, 9.17) is 0 Å². The molecule has 0 N–H and O–H groups in total. The van der Waals surface area contributed by atoms with Crippen molar-refractivity contribution in [2.75, 3.05) is 16.8 Å². The van der Waals surface area contributed by atoms with E-state index in [2.05, 4.69) is 115 Å². The van der Waals surface area contributed by atoms with Crippen LogP contribution in [0.4, 0.5) is 22.7 Å². The molecule has 0 unspecified atom stereocenters. The maximum absolute atomic E-state index is 2.31. The van der Waals surface area contributed by atoms with Crippen molar-refractivity contribution >= 4 is 28.8 Å². The fraction of sp³-hybridized carbons (Fsp3) is 0.0833. The van der Waals surface area contributed by atoms with E-state index in [0.717, 1.165) is 0 Å². The number of allylic oxidation sites excluding steroid dienone is 3. The average Bonchev–Trinajstić information content (AvgIpc) is 2.86. The predicted molar refractivity (Wildman–Crippen MR) is 112 cm³/mol. The highest BCUT2D eigenvalue weighted by atomic mass is 15.2. The molecular weight excluding hydrogens is 316 g/mol. The van der Waals surface area contributed by atoms with E-state index in [1.807, 2.05) is 6.07 Å². The third-order valence-corrected chi connectivity index (χ3v) is 4.76. The molecule has 0 atom stereocenters. The second-order valence-corrected chi connectivity index (χ2v) is 6.48. The topological polar surface area (TPSA) is 6.48 Å². The van der Waals surface area contributed by atoms with Gasteiger partial charge in [0.2, 0.25) is 0 Å². The SMILES string of the molecule is CC1=CC=Cc2cc(N(C)c3ccccc3)ccc2N1c1ccccc1. The van der Waals surface area contributed by atoms with Crippen LogP contribution in [-0.2, 0) is 0 Å². The lowest BCUT2D eigenvalue weighted by Gasteiger charge is -2.28. The number of nitrogens with zero attached hydrogens (tertiary/aromatic N) is 2. The summed E-state index contributed by atoms with van der Waals surface area (Å²) in [6.45, 7) is 2.15. The molecule has 1 aliphatic rings. The first kappa shape index (κ1) is 16.2. The first-order valence-corrected chi connectivity index (χ1v) is 8.87. The Labute approximate surface area is 155 Å². The van der Waals surface area contributed by atoms with E-state index in [0.29, 0.717) is 0 Å². The minimum absolute atomic E-state index is 1.17. The molecule has 0 radical (unpaired) electrons. The van der Waals surface area contributed by atoms with Gasteiger partial charge >= 0.3 is 0 Å². The van der Waals surface area contributed by atoms with Crippen molar-refractivity contribution in [3.63, 3.8) is 0 Å². The molecule has 0 fully saturated rings. The summed E-state index contributed by atoms with van der Waals surface area (Å²) in [6, 6.07) is 27.6. The average molecular weight is 338 g/mol. The summed E-state index contributed by atoms with van der Waals surface area (Å²) < 4.78 is 0. The summed E-state index contributed by atoms with van der Waals surface area (Å²) in [5, 5.41) is 0. The van der Waals surface area contributed by atoms with Gasteiger partial charge in [0.05, 0.1) is 5.69 Å². The zero-order valence-electron chi connectivity index (χ0n) is 15.1. The molecule has 2 nitrogen and oxygen atoms in total. The Kier molecular flexibility index (Phi) is 4.32. The number of anilines is 4. The fourth-order valence-corrected chi connectivity index (χ4v) is 3.36. The van der Waals surface area contributed by atoms with Crippen molar-refractivity contribution in [2.45, 2.75) is 6.92 Å². The van der Waals surface area contributed by atoms with Crippen molar-refractivity contribution in [2.24, 2.45) is 0 Å². The lowest BCUT2D eigenvalue weighted by atomic mass is 10.1. The molecule has 0 aliphatic carbocycles. The number of hydrogen-bond acceptors (Lipinski definition) is 2. The molecule has 1 heterocycles. The molecule has 128 valence electrons. The largest absolute Gasteiger partial charge is 0.345 e. The molecular formula is C24H22N2. The summed E-state index contributed by atoms with van der Waals surface area (Å²) in [4.78, 5) is 4.52. The molecule has 3 aromatic carbocycles. The van der Waals surface area contributed by atoms with Crippen LogP contribution in [0.1, 0.15) is 12.5 Å². The van der Waals surface area contributed by atoms with Gasteiger partial charge in [0.1, 0.15) is 0 Å². The van der Waals surface area contributed by atoms with Crippen molar-refractivity contribution in [1.29, 1.82) is 0 Å². The van der Waals surface area contributed by atoms with E-state index >= 15 is 0 Å². The van der Waals surface area contributed by atoms with Gasteiger partial charge in [-0.3, -0.25) is 0 Å². The monoisotopic (exact) mass is 338 g/mol. The molecule has 3 aromatic rings. The standard InChI is InChI=1S/C24H22N2/c1-19-10-9-11-20-18-23(25(2)21-12-5-3-6-13-21)16-17-24(20)26(19)22-14-7-4-8-15-22/h3-18H,1-2H3. The maximum atomic E-state index is 2.31. The van der Waals surface area contributed by atoms with Crippen LogP contribution in [0.25, 0.3) is 6.08 Å². The molecule has 0 amide bonds. The third-order valence-electron chi connectivity index (χ3n) is 4.76. The van der Waals surface area contributed by atoms with Crippen molar-refractivity contribution < 1.29 is 0 Å². The van der Waals surface area contributed by atoms with Crippen molar-refractivity contribution in [1.82, 2.24) is 0 Å². The lowest BCUT2D eigenvalue weighted by molar-refractivity contribution is 1.15. The highest BCUT2D eigenvalue weighted by molar-refractivity contribution is 5.82. The quantitative estimate of drug-likeness (QED) is 0.536. The van der Waals surface area contributed by atoms with Crippen LogP contribution < -0.4 is 9.80 Å². The summed E-state index contributed by atoms with van der Waals surface area (Å²) in [5.74, 6) is 0. The number of hydrogen-bond donors (Lipinski definition) is 0. The van der Waals surface area contributed by atoms with Gasteiger partial charge in [-0.25, -0.2) is 0 Å². The highest BCUT2D eigenvalue weighted by Crippen LogP contribution is 2.37. The minimum Gasteiger partial charge on any atom is -0.345 e. The Balaban J connectivity index is 1.77. The van der Waals surface area contributed by atoms with E-state index < -0.39 is 0 Å². The number of para-hydroxylation sites is 2. The van der Waals surface area contributed by atoms with Gasteiger partial charge in [-0.15, -0.1) is 0 Å². The van der Waals surface area contributed by atoms with Gasteiger partial charge in [-0.2, -0.15) is 0 Å². The third kappa shape index (κ3) is 3.02. The van der Waals surface area contributed by atoms with Gasteiger partial charge in [-0.1, -0.05) is 48.6 Å². The Hall–Kier alpha value is -3.26. The van der Waals surface area contributed by atoms with Gasteiger partial charge in [0.15, 0.2) is 0 Å². The van der Waals surface area contributed by atoms with Crippen LogP contribution in [0.5, 0.6) is 0 Å². The first-order chi connectivity index (χ1) is 12.7. The normalized spacial score (nSPS) is 13.0. The number of benzene rings is 3. The predicted octanol–water partition coefficient (Wildman–Crippen LogP) is 6.52. The zero-order valence-corrected chi connectivity index (χ0v) is 15.1. The van der Waals surface area contributed by atoms with Gasteiger partial charge in [0.25, 0.3) is 0 Å². The molecule has 1 aliphatic heterocycles. The van der Waals surface area contributed by atoms with Crippen molar-refractivity contribution in [3.05, 3.63) is 102 Å². The van der Waals surface area contributed by atoms with Crippen LogP contribution in [0.2, 0.25) is 0 Å². The van der Waals surface area contributed by atoms with E-state index in [9.17, 15) is 0 Å².